The van der Waals surface area contributed by atoms with Gasteiger partial charge in [-0.15, -0.1) is 0 Å². The van der Waals surface area contributed by atoms with E-state index in [0.717, 1.165) is 16.2 Å². The van der Waals surface area contributed by atoms with Crippen molar-refractivity contribution < 1.29 is 14.4 Å². The van der Waals surface area contributed by atoms with Crippen LogP contribution >= 0.6 is 34.5 Å². The highest BCUT2D eigenvalue weighted by atomic mass is 35.5. The lowest BCUT2D eigenvalue weighted by Gasteiger charge is -2.28. The first kappa shape index (κ1) is 23.0. The third-order valence-electron chi connectivity index (χ3n) is 6.27. The summed E-state index contributed by atoms with van der Waals surface area (Å²) < 4.78 is 1.40. The summed E-state index contributed by atoms with van der Waals surface area (Å²) in [6.45, 7) is 0. The molecule has 180 valence electrons. The topological polar surface area (TPSA) is 71.8 Å². The molecule has 0 unspecified atom stereocenters. The van der Waals surface area contributed by atoms with E-state index in [1.165, 1.54) is 9.63 Å². The second-order valence-electron chi connectivity index (χ2n) is 8.34. The van der Waals surface area contributed by atoms with Crippen LogP contribution in [0.25, 0.3) is 5.69 Å². The Morgan fingerprint density at radius 1 is 0.722 bits per heavy atom. The van der Waals surface area contributed by atoms with Gasteiger partial charge in [-0.2, -0.15) is 0 Å². The van der Waals surface area contributed by atoms with Crippen LogP contribution < -0.4 is 14.8 Å². The fourth-order valence-corrected chi connectivity index (χ4v) is 6.27. The molecule has 0 aliphatic carbocycles. The van der Waals surface area contributed by atoms with Gasteiger partial charge in [0.1, 0.15) is 17.1 Å². The third kappa shape index (κ3) is 3.57. The van der Waals surface area contributed by atoms with Crippen LogP contribution in [0.4, 0.5) is 11.4 Å². The Hall–Kier alpha value is -3.43. The van der Waals surface area contributed by atoms with E-state index in [4.69, 9.17) is 28.0 Å². The molecule has 2 amide bonds. The van der Waals surface area contributed by atoms with Crippen LogP contribution in [0.5, 0.6) is 0 Å². The number of nitrogens with zero attached hydrogens (tertiary/aromatic N) is 3. The zero-order valence-corrected chi connectivity index (χ0v) is 20.8. The molecule has 10 heteroatoms. The first-order chi connectivity index (χ1) is 17.5. The number of aromatic nitrogens is 1. The van der Waals surface area contributed by atoms with Crippen LogP contribution in [-0.4, -0.2) is 22.5 Å². The summed E-state index contributed by atoms with van der Waals surface area (Å²) in [5.41, 5.74) is 1.64. The Kier molecular flexibility index (Phi) is 5.69. The molecule has 0 spiro atoms. The molecule has 2 aliphatic rings. The average Bonchev–Trinajstić information content (AvgIpc) is 3.50. The molecule has 3 atom stereocenters. The number of benzene rings is 3. The van der Waals surface area contributed by atoms with Gasteiger partial charge in [-0.05, 0) is 48.5 Å². The first-order valence-electron chi connectivity index (χ1n) is 11.1. The van der Waals surface area contributed by atoms with Gasteiger partial charge >= 0.3 is 4.87 Å². The van der Waals surface area contributed by atoms with Gasteiger partial charge in [0.15, 0.2) is 6.10 Å². The van der Waals surface area contributed by atoms with E-state index in [1.54, 1.807) is 36.4 Å². The molecule has 3 heterocycles. The zero-order chi connectivity index (χ0) is 25.0. The SMILES string of the molecule is O=C1[C@H]2[C@H](ON(c3ccccc3)[C@@H]2c2sc(=O)n(-c3ccccc3)c2Cl)C(=O)N1c1ccc(Cl)cc1. The molecule has 2 fully saturated rings. The molecule has 0 bridgehead atoms. The minimum Gasteiger partial charge on any atom is -0.273 e. The second-order valence-corrected chi connectivity index (χ2v) is 10.1. The van der Waals surface area contributed by atoms with E-state index in [0.29, 0.717) is 27.0 Å². The molecule has 3 aromatic carbocycles. The molecule has 0 saturated carbocycles. The number of carbonyl (C=O) groups excluding carboxylic acids is 2. The number of amides is 2. The minimum absolute atomic E-state index is 0.177. The van der Waals surface area contributed by atoms with Gasteiger partial charge in [0.05, 0.1) is 21.9 Å². The number of fused-ring (bicyclic) bond motifs is 1. The monoisotopic (exact) mass is 537 g/mol. The van der Waals surface area contributed by atoms with Crippen molar-refractivity contribution >= 4 is 57.7 Å². The molecule has 7 nitrogen and oxygen atoms in total. The molecule has 2 saturated heterocycles. The van der Waals surface area contributed by atoms with Crippen LogP contribution in [0.15, 0.2) is 89.7 Å². The number of rotatable bonds is 4. The lowest BCUT2D eigenvalue weighted by molar-refractivity contribution is -0.126. The molecule has 1 aromatic heterocycles. The van der Waals surface area contributed by atoms with Gasteiger partial charge in [-0.1, -0.05) is 70.9 Å². The summed E-state index contributed by atoms with van der Waals surface area (Å²) >= 11 is 13.7. The second kappa shape index (κ2) is 8.90. The summed E-state index contributed by atoms with van der Waals surface area (Å²) in [5.74, 6) is -1.83. The molecule has 0 radical (unpaired) electrons. The number of para-hydroxylation sites is 2. The third-order valence-corrected chi connectivity index (χ3v) is 8.02. The lowest BCUT2D eigenvalue weighted by atomic mass is 9.95. The Balaban J connectivity index is 1.48. The zero-order valence-electron chi connectivity index (χ0n) is 18.5. The number of carbonyl (C=O) groups is 2. The Morgan fingerprint density at radius 3 is 1.97 bits per heavy atom. The average molecular weight is 538 g/mol. The molecular weight excluding hydrogens is 521 g/mol. The molecular formula is C26H17Cl2N3O4S. The first-order valence-corrected chi connectivity index (χ1v) is 12.6. The Morgan fingerprint density at radius 2 is 1.33 bits per heavy atom. The Bertz CT molecular complexity index is 1520. The maximum Gasteiger partial charge on any atom is 0.313 e. The van der Waals surface area contributed by atoms with Gasteiger partial charge in [-0.3, -0.25) is 23.8 Å². The van der Waals surface area contributed by atoms with E-state index in [2.05, 4.69) is 0 Å². The number of halogens is 2. The van der Waals surface area contributed by atoms with Gasteiger partial charge in [0.25, 0.3) is 5.91 Å². The number of anilines is 2. The Labute approximate surface area is 219 Å². The quantitative estimate of drug-likeness (QED) is 0.332. The number of hydrogen-bond donors (Lipinski definition) is 0. The van der Waals surface area contributed by atoms with E-state index < -0.39 is 29.9 Å². The number of hydroxylamine groups is 1. The predicted octanol–water partition coefficient (Wildman–Crippen LogP) is 5.26. The maximum atomic E-state index is 13.8. The summed E-state index contributed by atoms with van der Waals surface area (Å²) in [6.07, 6.45) is -1.07. The highest BCUT2D eigenvalue weighted by Gasteiger charge is 2.61. The van der Waals surface area contributed by atoms with Crippen molar-refractivity contribution in [3.63, 3.8) is 0 Å². The summed E-state index contributed by atoms with van der Waals surface area (Å²) in [4.78, 5) is 47.7. The van der Waals surface area contributed by atoms with Crippen LogP contribution in [0.3, 0.4) is 0 Å². The van der Waals surface area contributed by atoms with E-state index >= 15 is 0 Å². The largest absolute Gasteiger partial charge is 0.313 e. The van der Waals surface area contributed by atoms with Gasteiger partial charge in [-0.25, -0.2) is 9.96 Å². The fourth-order valence-electron chi connectivity index (χ4n) is 4.67. The van der Waals surface area contributed by atoms with Crippen molar-refractivity contribution in [1.29, 1.82) is 0 Å². The number of hydrogen-bond acceptors (Lipinski definition) is 6. The summed E-state index contributed by atoms with van der Waals surface area (Å²) in [7, 11) is 0. The van der Waals surface area contributed by atoms with Crippen molar-refractivity contribution in [3.8, 4) is 5.69 Å². The summed E-state index contributed by atoms with van der Waals surface area (Å²) in [5, 5.41) is 2.19. The van der Waals surface area contributed by atoms with Gasteiger partial charge in [0, 0.05) is 5.02 Å². The van der Waals surface area contributed by atoms with E-state index in [1.807, 2.05) is 48.5 Å². The summed E-state index contributed by atoms with van der Waals surface area (Å²) in [6, 6.07) is 23.8. The van der Waals surface area contributed by atoms with Crippen molar-refractivity contribution in [3.05, 3.63) is 110 Å². The smallest absolute Gasteiger partial charge is 0.273 e. The normalized spacial score (nSPS) is 21.3. The minimum atomic E-state index is -1.07. The lowest BCUT2D eigenvalue weighted by Crippen LogP contribution is -2.37. The van der Waals surface area contributed by atoms with Crippen molar-refractivity contribution in [2.45, 2.75) is 12.1 Å². The number of imide groups is 1. The van der Waals surface area contributed by atoms with Crippen LogP contribution in [-0.2, 0) is 14.4 Å². The van der Waals surface area contributed by atoms with Crippen LogP contribution in [0, 0.1) is 5.92 Å². The number of thiazole rings is 1. The van der Waals surface area contributed by atoms with Crippen molar-refractivity contribution in [2.24, 2.45) is 5.92 Å². The molecule has 36 heavy (non-hydrogen) atoms. The van der Waals surface area contributed by atoms with Crippen molar-refractivity contribution in [1.82, 2.24) is 4.57 Å². The van der Waals surface area contributed by atoms with Crippen molar-refractivity contribution in [2.75, 3.05) is 9.96 Å². The van der Waals surface area contributed by atoms with Gasteiger partial charge in [0.2, 0.25) is 5.91 Å². The van der Waals surface area contributed by atoms with E-state index in [-0.39, 0.29) is 10.0 Å². The molecule has 6 rings (SSSR count). The fraction of sp³-hybridized carbons (Fsp3) is 0.115. The van der Waals surface area contributed by atoms with Crippen LogP contribution in [0.2, 0.25) is 10.2 Å². The standard InChI is InChI=1S/C26H17Cl2N3O4S/c27-15-11-13-17(14-12-15)30-24(32)19-20(31(35-21(19)25(30)33)18-9-5-2-6-10-18)22-23(28)29(26(34)36-22)16-7-3-1-4-8-16/h1-14,19-21H/t19-,20+,21+/m1/s1. The van der Waals surface area contributed by atoms with Gasteiger partial charge < -0.3 is 0 Å². The predicted molar refractivity (Wildman–Crippen MR) is 139 cm³/mol. The van der Waals surface area contributed by atoms with Crippen LogP contribution in [0.1, 0.15) is 10.9 Å². The van der Waals surface area contributed by atoms with E-state index in [9.17, 15) is 14.4 Å². The molecule has 4 aromatic rings. The highest BCUT2D eigenvalue weighted by molar-refractivity contribution is 7.10. The molecule has 2 aliphatic heterocycles. The molecule has 0 N–H and O–H groups in total. The maximum absolute atomic E-state index is 13.8. The highest BCUT2D eigenvalue weighted by Crippen LogP contribution is 2.50.